The first-order valence-corrected chi connectivity index (χ1v) is 5.91. The summed E-state index contributed by atoms with van der Waals surface area (Å²) in [7, 11) is 0. The molecule has 0 aliphatic carbocycles. The highest BCUT2D eigenvalue weighted by atomic mass is 35.5. The van der Waals surface area contributed by atoms with E-state index in [1.807, 2.05) is 24.3 Å². The van der Waals surface area contributed by atoms with Gasteiger partial charge < -0.3 is 0 Å². The highest BCUT2D eigenvalue weighted by Crippen LogP contribution is 2.28. The quantitative estimate of drug-likeness (QED) is 0.697. The van der Waals surface area contributed by atoms with Crippen molar-refractivity contribution in [1.82, 2.24) is 0 Å². The second-order valence-electron chi connectivity index (χ2n) is 3.85. The fraction of sp³-hybridized carbons (Fsp3) is 0.455. The van der Waals surface area contributed by atoms with Crippen LogP contribution in [0.2, 0.25) is 5.02 Å². The minimum absolute atomic E-state index is 0.0753. The molecule has 0 radical (unpaired) electrons. The Bertz CT molecular complexity index is 292. The van der Waals surface area contributed by atoms with Gasteiger partial charge in [-0.3, -0.25) is 0 Å². The molecule has 3 heteroatoms. The fourth-order valence-electron chi connectivity index (χ4n) is 1.23. The summed E-state index contributed by atoms with van der Waals surface area (Å²) in [6.45, 7) is 2.07. The first kappa shape index (κ1) is 12.2. The van der Waals surface area contributed by atoms with Gasteiger partial charge in [0.15, 0.2) is 0 Å². The van der Waals surface area contributed by atoms with Crippen molar-refractivity contribution in [2.75, 3.05) is 11.8 Å². The third kappa shape index (κ3) is 3.05. The van der Waals surface area contributed by atoms with Crippen molar-refractivity contribution in [1.29, 1.82) is 0 Å². The zero-order chi connectivity index (χ0) is 10.6. The average Bonchev–Trinajstić information content (AvgIpc) is 2.21. The van der Waals surface area contributed by atoms with E-state index in [9.17, 15) is 0 Å². The molecule has 0 spiro atoms. The summed E-state index contributed by atoms with van der Waals surface area (Å²) in [5, 5.41) is 0.786. The van der Waals surface area contributed by atoms with E-state index in [2.05, 4.69) is 6.92 Å². The molecule has 0 heterocycles. The van der Waals surface area contributed by atoms with E-state index in [-0.39, 0.29) is 5.41 Å². The summed E-state index contributed by atoms with van der Waals surface area (Å²) in [5.41, 5.74) is 1.03. The minimum Gasteiger partial charge on any atom is -0.126 e. The minimum atomic E-state index is -0.0753. The van der Waals surface area contributed by atoms with E-state index in [4.69, 9.17) is 34.8 Å². The molecule has 0 aliphatic heterocycles. The SMILES string of the molecule is CC(CCl)(CCl)Cc1ccccc1Cl. The van der Waals surface area contributed by atoms with E-state index in [1.165, 1.54) is 0 Å². The molecule has 1 aromatic rings. The van der Waals surface area contributed by atoms with Crippen molar-refractivity contribution in [3.05, 3.63) is 34.9 Å². The zero-order valence-corrected chi connectivity index (χ0v) is 10.3. The fourth-order valence-corrected chi connectivity index (χ4v) is 1.91. The molecule has 1 aromatic carbocycles. The van der Waals surface area contributed by atoms with Crippen LogP contribution in [0.4, 0.5) is 0 Å². The molecule has 0 aliphatic rings. The molecular weight excluding hydrogens is 238 g/mol. The Balaban J connectivity index is 2.82. The van der Waals surface area contributed by atoms with Crippen LogP contribution in [0.15, 0.2) is 24.3 Å². The lowest BCUT2D eigenvalue weighted by Gasteiger charge is -2.24. The molecule has 0 fully saturated rings. The van der Waals surface area contributed by atoms with Crippen molar-refractivity contribution in [3.63, 3.8) is 0 Å². The van der Waals surface area contributed by atoms with Gasteiger partial charge in [0.25, 0.3) is 0 Å². The lowest BCUT2D eigenvalue weighted by molar-refractivity contribution is 0.425. The normalized spacial score (nSPS) is 11.7. The molecule has 0 atom stereocenters. The van der Waals surface area contributed by atoms with Crippen molar-refractivity contribution in [2.45, 2.75) is 13.3 Å². The molecule has 0 unspecified atom stereocenters. The Morgan fingerprint density at radius 1 is 1.14 bits per heavy atom. The first-order valence-electron chi connectivity index (χ1n) is 4.47. The summed E-state index contributed by atoms with van der Waals surface area (Å²) >= 11 is 17.8. The molecule has 0 amide bonds. The van der Waals surface area contributed by atoms with Crippen molar-refractivity contribution in [2.24, 2.45) is 5.41 Å². The molecule has 14 heavy (non-hydrogen) atoms. The van der Waals surface area contributed by atoms with Crippen LogP contribution in [0.25, 0.3) is 0 Å². The number of halogens is 3. The van der Waals surface area contributed by atoms with E-state index in [0.29, 0.717) is 11.8 Å². The summed E-state index contributed by atoms with van der Waals surface area (Å²) in [6, 6.07) is 7.80. The molecule has 78 valence electrons. The van der Waals surface area contributed by atoms with Crippen LogP contribution in [-0.2, 0) is 6.42 Å². The standard InChI is InChI=1S/C11H13Cl3/c1-11(7-12,8-13)6-9-4-2-3-5-10(9)14/h2-5H,6-8H2,1H3. The van der Waals surface area contributed by atoms with Gasteiger partial charge in [0.05, 0.1) is 0 Å². The monoisotopic (exact) mass is 250 g/mol. The topological polar surface area (TPSA) is 0 Å². The van der Waals surface area contributed by atoms with Crippen LogP contribution in [0.1, 0.15) is 12.5 Å². The predicted molar refractivity (Wildman–Crippen MR) is 64.7 cm³/mol. The van der Waals surface area contributed by atoms with Crippen LogP contribution in [0.5, 0.6) is 0 Å². The summed E-state index contributed by atoms with van der Waals surface area (Å²) < 4.78 is 0. The number of benzene rings is 1. The largest absolute Gasteiger partial charge is 0.126 e. The van der Waals surface area contributed by atoms with Gasteiger partial charge in [-0.2, -0.15) is 0 Å². The molecule has 0 saturated heterocycles. The first-order chi connectivity index (χ1) is 6.61. The molecular formula is C11H13Cl3. The summed E-state index contributed by atoms with van der Waals surface area (Å²) in [5.74, 6) is 1.09. The predicted octanol–water partition coefficient (Wildman–Crippen LogP) is 4.37. The Hall–Kier alpha value is 0.0900. The van der Waals surface area contributed by atoms with Gasteiger partial charge in [0.2, 0.25) is 0 Å². The third-order valence-corrected chi connectivity index (χ3v) is 3.88. The number of hydrogen-bond donors (Lipinski definition) is 0. The van der Waals surface area contributed by atoms with Crippen molar-refractivity contribution < 1.29 is 0 Å². The zero-order valence-electron chi connectivity index (χ0n) is 8.06. The van der Waals surface area contributed by atoms with Gasteiger partial charge in [-0.15, -0.1) is 23.2 Å². The third-order valence-electron chi connectivity index (χ3n) is 2.22. The van der Waals surface area contributed by atoms with Gasteiger partial charge in [-0.05, 0) is 23.5 Å². The second kappa shape index (κ2) is 5.25. The number of alkyl halides is 2. The smallest absolute Gasteiger partial charge is 0.0438 e. The summed E-state index contributed by atoms with van der Waals surface area (Å²) in [6.07, 6.45) is 0.819. The van der Waals surface area contributed by atoms with Crippen LogP contribution in [0, 0.1) is 5.41 Å². The highest BCUT2D eigenvalue weighted by molar-refractivity contribution is 6.31. The maximum atomic E-state index is 6.06. The lowest BCUT2D eigenvalue weighted by atomic mass is 9.87. The maximum absolute atomic E-state index is 6.06. The summed E-state index contributed by atoms with van der Waals surface area (Å²) in [4.78, 5) is 0. The molecule has 0 nitrogen and oxygen atoms in total. The second-order valence-corrected chi connectivity index (χ2v) is 4.79. The van der Waals surface area contributed by atoms with E-state index >= 15 is 0 Å². The number of rotatable bonds is 4. The molecule has 0 N–H and O–H groups in total. The van der Waals surface area contributed by atoms with Gasteiger partial charge in [0.1, 0.15) is 0 Å². The van der Waals surface area contributed by atoms with Crippen molar-refractivity contribution in [3.8, 4) is 0 Å². The Morgan fingerprint density at radius 2 is 1.71 bits per heavy atom. The van der Waals surface area contributed by atoms with Crippen molar-refractivity contribution >= 4 is 34.8 Å². The Morgan fingerprint density at radius 3 is 2.21 bits per heavy atom. The Kier molecular flexibility index (Phi) is 4.56. The van der Waals surface area contributed by atoms with Gasteiger partial charge >= 0.3 is 0 Å². The number of hydrogen-bond acceptors (Lipinski definition) is 0. The van der Waals surface area contributed by atoms with Gasteiger partial charge in [-0.25, -0.2) is 0 Å². The maximum Gasteiger partial charge on any atom is 0.0438 e. The van der Waals surface area contributed by atoms with Crippen LogP contribution >= 0.6 is 34.8 Å². The van der Waals surface area contributed by atoms with Gasteiger partial charge in [0, 0.05) is 16.8 Å². The van der Waals surface area contributed by atoms with Crippen LogP contribution < -0.4 is 0 Å². The van der Waals surface area contributed by atoms with Gasteiger partial charge in [-0.1, -0.05) is 36.7 Å². The van der Waals surface area contributed by atoms with E-state index in [1.54, 1.807) is 0 Å². The van der Waals surface area contributed by atoms with Crippen LogP contribution in [0.3, 0.4) is 0 Å². The van der Waals surface area contributed by atoms with E-state index < -0.39 is 0 Å². The lowest BCUT2D eigenvalue weighted by Crippen LogP contribution is -2.23. The molecule has 1 rings (SSSR count). The molecule has 0 saturated carbocycles. The molecule has 0 bridgehead atoms. The van der Waals surface area contributed by atoms with E-state index in [0.717, 1.165) is 17.0 Å². The molecule has 0 aromatic heterocycles. The highest BCUT2D eigenvalue weighted by Gasteiger charge is 2.23. The van der Waals surface area contributed by atoms with Crippen LogP contribution in [-0.4, -0.2) is 11.8 Å². The average molecular weight is 252 g/mol. The Labute approximate surface area is 100 Å².